The van der Waals surface area contributed by atoms with Crippen molar-refractivity contribution in [3.8, 4) is 0 Å². The van der Waals surface area contributed by atoms with E-state index in [1.54, 1.807) is 0 Å². The highest BCUT2D eigenvalue weighted by Gasteiger charge is 2.43. The van der Waals surface area contributed by atoms with Crippen molar-refractivity contribution in [1.29, 1.82) is 0 Å². The molecule has 1 atom stereocenters. The summed E-state index contributed by atoms with van der Waals surface area (Å²) in [5.41, 5.74) is 1.86. The summed E-state index contributed by atoms with van der Waals surface area (Å²) in [6.07, 6.45) is 22.7. The van der Waals surface area contributed by atoms with E-state index in [0.29, 0.717) is 6.04 Å². The van der Waals surface area contributed by atoms with Gasteiger partial charge in [0.1, 0.15) is 11.2 Å². The van der Waals surface area contributed by atoms with Gasteiger partial charge in [-0.3, -0.25) is 9.89 Å². The van der Waals surface area contributed by atoms with Crippen LogP contribution in [0, 0.1) is 5.92 Å². The largest absolute Gasteiger partial charge is 0.381 e. The van der Waals surface area contributed by atoms with Gasteiger partial charge in [-0.2, -0.15) is 4.98 Å². The van der Waals surface area contributed by atoms with Gasteiger partial charge < -0.3 is 9.30 Å². The summed E-state index contributed by atoms with van der Waals surface area (Å²) < 4.78 is 7.93. The first-order valence-electron chi connectivity index (χ1n) is 14.2. The Kier molecular flexibility index (Phi) is 8.70. The minimum Gasteiger partial charge on any atom is -0.381 e. The van der Waals surface area contributed by atoms with Gasteiger partial charge in [-0.15, -0.1) is 0 Å². The molecule has 2 aromatic heterocycles. The van der Waals surface area contributed by atoms with Crippen LogP contribution in [0.3, 0.4) is 0 Å². The van der Waals surface area contributed by atoms with E-state index in [-0.39, 0.29) is 5.28 Å². The average molecular weight is 513 g/mol. The standard InChI is InChI=1S/C28H41ClN6O/c1-2-3-19-36-20-8-4-5-10-22-13-17-34(18-14-22)28(15-9-16-31-28)25-24-26(33-27(29)32-25)35(21-30-24)23-11-6-7-12-23/h9,15-16,21-23H,2-8,10-14,17-20H2,1H3. The fourth-order valence-corrected chi connectivity index (χ4v) is 6.34. The van der Waals surface area contributed by atoms with Gasteiger partial charge >= 0.3 is 0 Å². The number of imidazole rings is 1. The van der Waals surface area contributed by atoms with Crippen molar-refractivity contribution in [2.45, 2.75) is 95.7 Å². The lowest BCUT2D eigenvalue weighted by Crippen LogP contribution is -2.47. The smallest absolute Gasteiger partial charge is 0.224 e. The Morgan fingerprint density at radius 3 is 2.58 bits per heavy atom. The summed E-state index contributed by atoms with van der Waals surface area (Å²) in [4.78, 5) is 21.6. The second kappa shape index (κ2) is 12.1. The molecule has 0 radical (unpaired) electrons. The molecule has 2 aromatic rings. The molecule has 1 saturated carbocycles. The molecule has 3 aliphatic rings. The summed E-state index contributed by atoms with van der Waals surface area (Å²) in [6, 6.07) is 0.450. The highest BCUT2D eigenvalue weighted by molar-refractivity contribution is 6.28. The maximum atomic E-state index is 6.51. The topological polar surface area (TPSA) is 68.4 Å². The normalized spacial score (nSPS) is 23.5. The quantitative estimate of drug-likeness (QED) is 0.240. The lowest BCUT2D eigenvalue weighted by atomic mass is 9.89. The summed E-state index contributed by atoms with van der Waals surface area (Å²) >= 11 is 6.51. The maximum Gasteiger partial charge on any atom is 0.224 e. The first kappa shape index (κ1) is 25.8. The van der Waals surface area contributed by atoms with Crippen LogP contribution in [0.25, 0.3) is 11.2 Å². The van der Waals surface area contributed by atoms with Crippen molar-refractivity contribution in [2.75, 3.05) is 26.3 Å². The minimum absolute atomic E-state index is 0.278. The predicted molar refractivity (Wildman–Crippen MR) is 146 cm³/mol. The first-order valence-corrected chi connectivity index (χ1v) is 14.6. The van der Waals surface area contributed by atoms with Crippen molar-refractivity contribution in [2.24, 2.45) is 10.9 Å². The average Bonchev–Trinajstić information content (AvgIpc) is 3.67. The lowest BCUT2D eigenvalue weighted by Gasteiger charge is -2.41. The van der Waals surface area contributed by atoms with Gasteiger partial charge in [0.15, 0.2) is 11.3 Å². The zero-order valence-electron chi connectivity index (χ0n) is 21.7. The Balaban J connectivity index is 1.23. The molecule has 1 aliphatic carbocycles. The number of allylic oxidation sites excluding steroid dienone is 1. The molecule has 0 amide bonds. The van der Waals surface area contributed by atoms with Gasteiger partial charge in [0.05, 0.1) is 6.33 Å². The molecule has 0 bridgehead atoms. The first-order chi connectivity index (χ1) is 17.7. The molecule has 5 rings (SSSR count). The summed E-state index contributed by atoms with van der Waals surface area (Å²) in [7, 11) is 0. The van der Waals surface area contributed by atoms with Gasteiger partial charge in [0.25, 0.3) is 0 Å². The number of nitrogens with zero attached hydrogens (tertiary/aromatic N) is 6. The van der Waals surface area contributed by atoms with Gasteiger partial charge in [-0.1, -0.05) is 45.4 Å². The summed E-state index contributed by atoms with van der Waals surface area (Å²) in [5, 5.41) is 0.278. The third kappa shape index (κ3) is 5.53. The summed E-state index contributed by atoms with van der Waals surface area (Å²) in [6.45, 7) is 6.04. The molecule has 196 valence electrons. The zero-order chi connectivity index (χ0) is 24.8. The van der Waals surface area contributed by atoms with Crippen LogP contribution in [-0.2, 0) is 10.4 Å². The molecule has 2 aliphatic heterocycles. The molecular formula is C28H41ClN6O. The van der Waals surface area contributed by atoms with Crippen molar-refractivity contribution >= 4 is 29.0 Å². The third-order valence-electron chi connectivity index (χ3n) is 8.29. The Morgan fingerprint density at radius 1 is 1.03 bits per heavy atom. The molecule has 8 heteroatoms. The highest BCUT2D eigenvalue weighted by Crippen LogP contribution is 2.41. The molecule has 36 heavy (non-hydrogen) atoms. The molecule has 0 spiro atoms. The van der Waals surface area contributed by atoms with Gasteiger partial charge in [-0.05, 0) is 68.2 Å². The molecule has 0 N–H and O–H groups in total. The number of aromatic nitrogens is 4. The predicted octanol–water partition coefficient (Wildman–Crippen LogP) is 6.48. The molecule has 7 nitrogen and oxygen atoms in total. The monoisotopic (exact) mass is 512 g/mol. The fraction of sp³-hybridized carbons (Fsp3) is 0.714. The number of halogens is 1. The molecule has 2 fully saturated rings. The van der Waals surface area contributed by atoms with E-state index in [1.165, 1.54) is 77.0 Å². The Hall–Kier alpha value is -1.83. The number of ether oxygens (including phenoxy) is 1. The van der Waals surface area contributed by atoms with Crippen molar-refractivity contribution in [3.05, 3.63) is 29.5 Å². The SMILES string of the molecule is CCCCOCCCCCC1CCN(C2(c3nc(Cl)nc4c3ncn4C3CCCC3)C=CC=N2)CC1. The number of rotatable bonds is 12. The fourth-order valence-electron chi connectivity index (χ4n) is 6.17. The number of unbranched alkanes of at least 4 members (excludes halogenated alkanes) is 3. The van der Waals surface area contributed by atoms with Crippen LogP contribution in [0.2, 0.25) is 5.28 Å². The van der Waals surface area contributed by atoms with E-state index in [0.717, 1.165) is 49.1 Å². The van der Waals surface area contributed by atoms with Crippen molar-refractivity contribution in [1.82, 2.24) is 24.4 Å². The maximum absolute atomic E-state index is 6.51. The van der Waals surface area contributed by atoms with Crippen molar-refractivity contribution < 1.29 is 4.74 Å². The van der Waals surface area contributed by atoms with E-state index >= 15 is 0 Å². The van der Waals surface area contributed by atoms with Crippen LogP contribution in [0.5, 0.6) is 0 Å². The van der Waals surface area contributed by atoms with Gasteiger partial charge in [0.2, 0.25) is 5.28 Å². The van der Waals surface area contributed by atoms with E-state index in [2.05, 4.69) is 27.5 Å². The zero-order valence-corrected chi connectivity index (χ0v) is 22.5. The van der Waals surface area contributed by atoms with E-state index < -0.39 is 5.66 Å². The Labute approximate surface area is 220 Å². The number of aliphatic imine (C=N–C) groups is 1. The third-order valence-corrected chi connectivity index (χ3v) is 8.46. The second-order valence-electron chi connectivity index (χ2n) is 10.7. The number of fused-ring (bicyclic) bond motifs is 1. The number of likely N-dealkylation sites (tertiary alicyclic amines) is 1. The molecule has 1 unspecified atom stereocenters. The second-order valence-corrected chi connectivity index (χ2v) is 11.1. The van der Waals surface area contributed by atoms with Crippen LogP contribution >= 0.6 is 11.6 Å². The highest BCUT2D eigenvalue weighted by atomic mass is 35.5. The van der Waals surface area contributed by atoms with Crippen LogP contribution in [0.4, 0.5) is 0 Å². The van der Waals surface area contributed by atoms with Gasteiger partial charge in [-0.25, -0.2) is 9.97 Å². The minimum atomic E-state index is -0.638. The van der Waals surface area contributed by atoms with Crippen LogP contribution in [0.15, 0.2) is 23.5 Å². The number of piperidine rings is 1. The molecule has 1 saturated heterocycles. The number of hydrogen-bond donors (Lipinski definition) is 0. The summed E-state index contributed by atoms with van der Waals surface area (Å²) in [5.74, 6) is 0.782. The van der Waals surface area contributed by atoms with Crippen molar-refractivity contribution in [3.63, 3.8) is 0 Å². The lowest BCUT2D eigenvalue weighted by molar-refractivity contribution is 0.0831. The molecule has 0 aromatic carbocycles. The van der Waals surface area contributed by atoms with Crippen LogP contribution in [0.1, 0.15) is 95.7 Å². The Bertz CT molecular complexity index is 1040. The number of hydrogen-bond acceptors (Lipinski definition) is 6. The van der Waals surface area contributed by atoms with Gasteiger partial charge in [0, 0.05) is 38.6 Å². The van der Waals surface area contributed by atoms with E-state index in [9.17, 15) is 0 Å². The molecule has 4 heterocycles. The van der Waals surface area contributed by atoms with E-state index in [1.807, 2.05) is 18.6 Å². The molecular weight excluding hydrogens is 472 g/mol. The van der Waals surface area contributed by atoms with E-state index in [4.69, 9.17) is 31.3 Å². The van der Waals surface area contributed by atoms with Crippen LogP contribution < -0.4 is 0 Å². The Morgan fingerprint density at radius 2 is 1.83 bits per heavy atom. The van der Waals surface area contributed by atoms with Crippen LogP contribution in [-0.4, -0.2) is 56.9 Å².